The fraction of sp³-hybridized carbons (Fsp3) is 0.500. The summed E-state index contributed by atoms with van der Waals surface area (Å²) in [6.45, 7) is 9.12. The molecule has 0 unspecified atom stereocenters. The molecular weight excluding hydrogens is 286 g/mol. The molecule has 0 saturated heterocycles. The Morgan fingerprint density at radius 3 is 2.45 bits per heavy atom. The van der Waals surface area contributed by atoms with E-state index in [1.54, 1.807) is 45.9 Å². The summed E-state index contributed by atoms with van der Waals surface area (Å²) >= 11 is 0. The van der Waals surface area contributed by atoms with E-state index in [2.05, 4.69) is 5.32 Å². The molecule has 0 bridgehead atoms. The minimum Gasteiger partial charge on any atom is -0.482 e. The van der Waals surface area contributed by atoms with E-state index < -0.39 is 17.7 Å². The molecule has 0 spiro atoms. The van der Waals surface area contributed by atoms with Crippen LogP contribution in [0.3, 0.4) is 0 Å². The maximum absolute atomic E-state index is 11.7. The van der Waals surface area contributed by atoms with Gasteiger partial charge in [-0.2, -0.15) is 0 Å². The Morgan fingerprint density at radius 1 is 1.23 bits per heavy atom. The number of hydrogen-bond acceptors (Lipinski definition) is 5. The summed E-state index contributed by atoms with van der Waals surface area (Å²) in [5.41, 5.74) is 0.829. The maximum Gasteiger partial charge on any atom is 0.412 e. The van der Waals surface area contributed by atoms with Crippen molar-refractivity contribution in [1.82, 2.24) is 0 Å². The van der Waals surface area contributed by atoms with Crippen molar-refractivity contribution in [2.24, 2.45) is 0 Å². The fourth-order valence-corrected chi connectivity index (χ4v) is 1.65. The first-order valence-electron chi connectivity index (χ1n) is 7.10. The lowest BCUT2D eigenvalue weighted by atomic mass is 10.2. The molecule has 1 aromatic carbocycles. The normalized spacial score (nSPS) is 10.8. The van der Waals surface area contributed by atoms with E-state index in [4.69, 9.17) is 14.2 Å². The molecule has 22 heavy (non-hydrogen) atoms. The standard InChI is InChI=1S/C16H23NO5/c1-6-20-14(18)10-21-13-8-7-12(9-11(13)2)17-15(19)22-16(3,4)5/h7-9H,6,10H2,1-5H3,(H,17,19). The first-order chi connectivity index (χ1) is 10.2. The summed E-state index contributed by atoms with van der Waals surface area (Å²) in [7, 11) is 0. The minimum absolute atomic E-state index is 0.145. The summed E-state index contributed by atoms with van der Waals surface area (Å²) in [6.07, 6.45) is -0.521. The number of carbonyl (C=O) groups excluding carboxylic acids is 2. The molecule has 0 atom stereocenters. The average Bonchev–Trinajstić information content (AvgIpc) is 2.35. The van der Waals surface area contributed by atoms with Crippen molar-refractivity contribution in [3.8, 4) is 5.75 Å². The van der Waals surface area contributed by atoms with E-state index in [0.717, 1.165) is 5.56 Å². The molecule has 1 aromatic rings. The molecule has 0 saturated carbocycles. The molecular formula is C16H23NO5. The van der Waals surface area contributed by atoms with Gasteiger partial charge in [0.15, 0.2) is 6.61 Å². The summed E-state index contributed by atoms with van der Waals surface area (Å²) < 4.78 is 15.3. The highest BCUT2D eigenvalue weighted by Gasteiger charge is 2.16. The Labute approximate surface area is 130 Å². The van der Waals surface area contributed by atoms with Crippen LogP contribution in [0.5, 0.6) is 5.75 Å². The predicted molar refractivity (Wildman–Crippen MR) is 83.2 cm³/mol. The zero-order chi connectivity index (χ0) is 16.8. The number of hydrogen-bond donors (Lipinski definition) is 1. The van der Waals surface area contributed by atoms with E-state index in [-0.39, 0.29) is 6.61 Å². The van der Waals surface area contributed by atoms with Gasteiger partial charge in [-0.25, -0.2) is 9.59 Å². The van der Waals surface area contributed by atoms with E-state index in [1.807, 2.05) is 6.92 Å². The molecule has 1 N–H and O–H groups in total. The van der Waals surface area contributed by atoms with Crippen LogP contribution < -0.4 is 10.1 Å². The number of ether oxygens (including phenoxy) is 3. The lowest BCUT2D eigenvalue weighted by molar-refractivity contribution is -0.145. The van der Waals surface area contributed by atoms with E-state index in [9.17, 15) is 9.59 Å². The number of esters is 1. The van der Waals surface area contributed by atoms with Gasteiger partial charge < -0.3 is 14.2 Å². The Morgan fingerprint density at radius 2 is 1.91 bits per heavy atom. The van der Waals surface area contributed by atoms with E-state index in [0.29, 0.717) is 18.0 Å². The van der Waals surface area contributed by atoms with Crippen molar-refractivity contribution in [1.29, 1.82) is 0 Å². The molecule has 0 radical (unpaired) electrons. The van der Waals surface area contributed by atoms with Gasteiger partial charge in [0.05, 0.1) is 6.61 Å². The molecule has 6 heteroatoms. The third-order valence-corrected chi connectivity index (χ3v) is 2.47. The van der Waals surface area contributed by atoms with Gasteiger partial charge in [0.25, 0.3) is 0 Å². The number of carbonyl (C=O) groups is 2. The monoisotopic (exact) mass is 309 g/mol. The molecule has 122 valence electrons. The van der Waals surface area contributed by atoms with Crippen LogP contribution in [0.1, 0.15) is 33.3 Å². The number of benzene rings is 1. The first kappa shape index (κ1) is 17.8. The first-order valence-corrected chi connectivity index (χ1v) is 7.10. The summed E-state index contributed by atoms with van der Waals surface area (Å²) in [6, 6.07) is 5.10. The highest BCUT2D eigenvalue weighted by molar-refractivity contribution is 5.85. The van der Waals surface area contributed by atoms with Gasteiger partial charge in [0.2, 0.25) is 0 Å². The molecule has 0 aliphatic rings. The number of nitrogens with one attached hydrogen (secondary N) is 1. The van der Waals surface area contributed by atoms with Crippen molar-refractivity contribution in [3.05, 3.63) is 23.8 Å². The highest BCUT2D eigenvalue weighted by atomic mass is 16.6. The van der Waals surface area contributed by atoms with Gasteiger partial charge in [-0.1, -0.05) is 0 Å². The quantitative estimate of drug-likeness (QED) is 0.845. The molecule has 0 heterocycles. The SMILES string of the molecule is CCOC(=O)COc1ccc(NC(=O)OC(C)(C)C)cc1C. The summed E-state index contributed by atoms with van der Waals surface area (Å²) in [4.78, 5) is 22.9. The zero-order valence-corrected chi connectivity index (χ0v) is 13.7. The lowest BCUT2D eigenvalue weighted by Gasteiger charge is -2.20. The van der Waals surface area contributed by atoms with Crippen molar-refractivity contribution in [2.45, 2.75) is 40.2 Å². The Balaban J connectivity index is 2.62. The third kappa shape index (κ3) is 6.47. The van der Waals surface area contributed by atoms with Crippen LogP contribution in [-0.2, 0) is 14.3 Å². The highest BCUT2D eigenvalue weighted by Crippen LogP contribution is 2.22. The molecule has 6 nitrogen and oxygen atoms in total. The van der Waals surface area contributed by atoms with Crippen LogP contribution >= 0.6 is 0 Å². The van der Waals surface area contributed by atoms with E-state index in [1.165, 1.54) is 0 Å². The number of aryl methyl sites for hydroxylation is 1. The second-order valence-electron chi connectivity index (χ2n) is 5.70. The summed E-state index contributed by atoms with van der Waals surface area (Å²) in [5.74, 6) is 0.139. The van der Waals surface area contributed by atoms with Gasteiger partial charge in [0.1, 0.15) is 11.4 Å². The van der Waals surface area contributed by atoms with Gasteiger partial charge in [-0.15, -0.1) is 0 Å². The summed E-state index contributed by atoms with van der Waals surface area (Å²) in [5, 5.41) is 2.64. The third-order valence-electron chi connectivity index (χ3n) is 2.47. The van der Waals surface area contributed by atoms with Crippen molar-refractivity contribution < 1.29 is 23.8 Å². The molecule has 0 aliphatic carbocycles. The number of rotatable bonds is 5. The molecule has 0 aliphatic heterocycles. The maximum atomic E-state index is 11.7. The molecule has 1 rings (SSSR count). The number of amides is 1. The topological polar surface area (TPSA) is 73.9 Å². The predicted octanol–water partition coefficient (Wildman–Crippen LogP) is 3.28. The molecule has 1 amide bonds. The van der Waals surface area contributed by atoms with Crippen LogP contribution in [-0.4, -0.2) is 30.9 Å². The van der Waals surface area contributed by atoms with Crippen molar-refractivity contribution in [3.63, 3.8) is 0 Å². The Kier molecular flexibility index (Phi) is 6.22. The smallest absolute Gasteiger partial charge is 0.412 e. The van der Waals surface area contributed by atoms with Crippen LogP contribution in [0.25, 0.3) is 0 Å². The van der Waals surface area contributed by atoms with Gasteiger partial charge in [0, 0.05) is 5.69 Å². The van der Waals surface area contributed by atoms with Crippen molar-refractivity contribution >= 4 is 17.7 Å². The van der Waals surface area contributed by atoms with Gasteiger partial charge in [-0.05, 0) is 58.4 Å². The second kappa shape index (κ2) is 7.68. The number of anilines is 1. The van der Waals surface area contributed by atoms with Crippen LogP contribution in [0.2, 0.25) is 0 Å². The van der Waals surface area contributed by atoms with Gasteiger partial charge in [-0.3, -0.25) is 5.32 Å². The largest absolute Gasteiger partial charge is 0.482 e. The van der Waals surface area contributed by atoms with Gasteiger partial charge >= 0.3 is 12.1 Å². The lowest BCUT2D eigenvalue weighted by Crippen LogP contribution is -2.27. The Bertz CT molecular complexity index is 534. The fourth-order valence-electron chi connectivity index (χ4n) is 1.65. The average molecular weight is 309 g/mol. The molecule has 0 aromatic heterocycles. The minimum atomic E-state index is -0.554. The van der Waals surface area contributed by atoms with Crippen LogP contribution in [0.15, 0.2) is 18.2 Å². The second-order valence-corrected chi connectivity index (χ2v) is 5.70. The van der Waals surface area contributed by atoms with Crippen molar-refractivity contribution in [2.75, 3.05) is 18.5 Å². The van der Waals surface area contributed by atoms with Crippen LogP contribution in [0, 0.1) is 6.92 Å². The Hall–Kier alpha value is -2.24. The van der Waals surface area contributed by atoms with E-state index >= 15 is 0 Å². The van der Waals surface area contributed by atoms with Crippen LogP contribution in [0.4, 0.5) is 10.5 Å². The zero-order valence-electron chi connectivity index (χ0n) is 13.7. The molecule has 0 fully saturated rings.